The van der Waals surface area contributed by atoms with E-state index in [1.807, 2.05) is 6.07 Å². The Bertz CT molecular complexity index is 982. The lowest BCUT2D eigenvalue weighted by Gasteiger charge is -2.08. The number of nitro benzene ring substituents is 1. The van der Waals surface area contributed by atoms with E-state index in [4.69, 9.17) is 5.11 Å². The number of carboxylic acid groups (broad SMARTS) is 1. The highest BCUT2D eigenvalue weighted by molar-refractivity contribution is 6.09. The Morgan fingerprint density at radius 2 is 1.44 bits per heavy atom. The maximum absolute atomic E-state index is 12.4. The van der Waals surface area contributed by atoms with Crippen molar-refractivity contribution in [3.63, 3.8) is 0 Å². The van der Waals surface area contributed by atoms with Gasteiger partial charge in [0.1, 0.15) is 0 Å². The van der Waals surface area contributed by atoms with Crippen LogP contribution in [0.25, 0.3) is 0 Å². The standard InChI is InChI=1S/C20H14N2O5/c23-19(13-4-2-1-3-5-13)14-6-8-16(9-7-14)21-17-10-15(20(24)25)11-18(12-17)22(26)27/h1-12,21H,(H,24,25). The molecule has 3 aromatic rings. The van der Waals surface area contributed by atoms with E-state index in [-0.39, 0.29) is 22.7 Å². The lowest BCUT2D eigenvalue weighted by Crippen LogP contribution is -2.02. The molecule has 0 saturated heterocycles. The van der Waals surface area contributed by atoms with Gasteiger partial charge in [0.2, 0.25) is 0 Å². The molecule has 0 aliphatic rings. The number of anilines is 2. The molecule has 0 aromatic heterocycles. The second kappa shape index (κ2) is 7.49. The number of carbonyl (C=O) groups excluding carboxylic acids is 1. The van der Waals surface area contributed by atoms with Crippen LogP contribution in [0, 0.1) is 10.1 Å². The summed E-state index contributed by atoms with van der Waals surface area (Å²) in [6.07, 6.45) is 0. The molecular formula is C20H14N2O5. The third-order valence-corrected chi connectivity index (χ3v) is 3.85. The first kappa shape index (κ1) is 17.8. The molecule has 3 aromatic carbocycles. The lowest BCUT2D eigenvalue weighted by atomic mass is 10.0. The van der Waals surface area contributed by atoms with Gasteiger partial charge in [0.05, 0.1) is 10.5 Å². The van der Waals surface area contributed by atoms with Gasteiger partial charge in [-0.3, -0.25) is 14.9 Å². The second-order valence-electron chi connectivity index (χ2n) is 5.73. The van der Waals surface area contributed by atoms with Crippen molar-refractivity contribution < 1.29 is 19.6 Å². The predicted octanol–water partition coefficient (Wildman–Crippen LogP) is 4.27. The number of nitrogens with zero attached hydrogens (tertiary/aromatic N) is 1. The summed E-state index contributed by atoms with van der Waals surface area (Å²) in [5.74, 6) is -1.38. The molecule has 0 fully saturated rings. The molecule has 0 atom stereocenters. The second-order valence-corrected chi connectivity index (χ2v) is 5.73. The minimum atomic E-state index is -1.26. The van der Waals surface area contributed by atoms with E-state index in [0.29, 0.717) is 16.8 Å². The topological polar surface area (TPSA) is 110 Å². The number of carbonyl (C=O) groups is 2. The Morgan fingerprint density at radius 3 is 2.04 bits per heavy atom. The van der Waals surface area contributed by atoms with Crippen molar-refractivity contribution >= 4 is 28.8 Å². The molecule has 0 radical (unpaired) electrons. The van der Waals surface area contributed by atoms with Gasteiger partial charge in [-0.1, -0.05) is 30.3 Å². The van der Waals surface area contributed by atoms with Crippen molar-refractivity contribution in [3.05, 3.63) is 99.6 Å². The molecule has 0 amide bonds. The highest BCUT2D eigenvalue weighted by Crippen LogP contribution is 2.25. The van der Waals surface area contributed by atoms with Crippen molar-refractivity contribution in [3.8, 4) is 0 Å². The number of hydrogen-bond acceptors (Lipinski definition) is 5. The van der Waals surface area contributed by atoms with Crippen molar-refractivity contribution in [1.82, 2.24) is 0 Å². The van der Waals surface area contributed by atoms with Gasteiger partial charge in [0.15, 0.2) is 5.78 Å². The number of carboxylic acids is 1. The van der Waals surface area contributed by atoms with Crippen molar-refractivity contribution in [2.75, 3.05) is 5.32 Å². The summed E-state index contributed by atoms with van der Waals surface area (Å²) in [6, 6.07) is 19.0. The molecule has 2 N–H and O–H groups in total. The van der Waals surface area contributed by atoms with Crippen LogP contribution in [0.15, 0.2) is 72.8 Å². The number of rotatable bonds is 6. The molecule has 0 heterocycles. The van der Waals surface area contributed by atoms with E-state index in [1.54, 1.807) is 48.5 Å². The van der Waals surface area contributed by atoms with Crippen LogP contribution in [0.5, 0.6) is 0 Å². The molecule has 0 spiro atoms. The van der Waals surface area contributed by atoms with Gasteiger partial charge in [-0.15, -0.1) is 0 Å². The van der Waals surface area contributed by atoms with Gasteiger partial charge in [-0.2, -0.15) is 0 Å². The van der Waals surface area contributed by atoms with Crippen LogP contribution in [0.2, 0.25) is 0 Å². The molecule has 27 heavy (non-hydrogen) atoms. The smallest absolute Gasteiger partial charge is 0.336 e. The third kappa shape index (κ3) is 4.16. The fourth-order valence-electron chi connectivity index (χ4n) is 2.54. The summed E-state index contributed by atoms with van der Waals surface area (Å²) in [7, 11) is 0. The quantitative estimate of drug-likeness (QED) is 0.385. The number of nitrogens with one attached hydrogen (secondary N) is 1. The average molecular weight is 362 g/mol. The van der Waals surface area contributed by atoms with Crippen molar-refractivity contribution in [2.45, 2.75) is 0 Å². The largest absolute Gasteiger partial charge is 0.478 e. The average Bonchev–Trinajstić information content (AvgIpc) is 2.68. The van der Waals surface area contributed by atoms with Gasteiger partial charge in [-0.25, -0.2) is 4.79 Å². The Labute approximate surface area is 154 Å². The Hall–Kier alpha value is -4.00. The van der Waals surface area contributed by atoms with Crippen LogP contribution < -0.4 is 5.32 Å². The Kier molecular flexibility index (Phi) is 4.94. The monoisotopic (exact) mass is 362 g/mol. The molecule has 0 unspecified atom stereocenters. The first-order valence-corrected chi connectivity index (χ1v) is 7.93. The van der Waals surface area contributed by atoms with E-state index >= 15 is 0 Å². The number of ketones is 1. The number of non-ortho nitro benzene ring substituents is 1. The van der Waals surface area contributed by atoms with Gasteiger partial charge >= 0.3 is 5.97 Å². The molecule has 134 valence electrons. The summed E-state index contributed by atoms with van der Waals surface area (Å²) in [5.41, 5.74) is 1.39. The molecule has 0 aliphatic carbocycles. The molecule has 3 rings (SSSR count). The Morgan fingerprint density at radius 1 is 0.815 bits per heavy atom. The van der Waals surface area contributed by atoms with Crippen molar-refractivity contribution in [1.29, 1.82) is 0 Å². The summed E-state index contributed by atoms with van der Waals surface area (Å²) >= 11 is 0. The maximum atomic E-state index is 12.4. The van der Waals surface area contributed by atoms with E-state index in [0.717, 1.165) is 6.07 Å². The molecule has 0 bridgehead atoms. The number of hydrogen-bond donors (Lipinski definition) is 2. The molecule has 7 heteroatoms. The van der Waals surface area contributed by atoms with E-state index < -0.39 is 10.9 Å². The van der Waals surface area contributed by atoms with E-state index in [1.165, 1.54) is 12.1 Å². The fourth-order valence-corrected chi connectivity index (χ4v) is 2.54. The van der Waals surface area contributed by atoms with Crippen LogP contribution in [0.1, 0.15) is 26.3 Å². The van der Waals surface area contributed by atoms with Gasteiger partial charge in [-0.05, 0) is 30.3 Å². The molecule has 0 aliphatic heterocycles. The SMILES string of the molecule is O=C(O)c1cc(Nc2ccc(C(=O)c3ccccc3)cc2)cc([N+](=O)[O-])c1. The van der Waals surface area contributed by atoms with Gasteiger partial charge in [0, 0.05) is 34.6 Å². The van der Waals surface area contributed by atoms with Gasteiger partial charge in [0.25, 0.3) is 5.69 Å². The van der Waals surface area contributed by atoms with Crippen LogP contribution >= 0.6 is 0 Å². The zero-order valence-corrected chi connectivity index (χ0v) is 14.0. The van der Waals surface area contributed by atoms with Crippen LogP contribution in [-0.2, 0) is 0 Å². The molecule has 0 saturated carbocycles. The van der Waals surface area contributed by atoms with E-state index in [9.17, 15) is 19.7 Å². The number of nitro groups is 1. The first-order valence-electron chi connectivity index (χ1n) is 7.93. The highest BCUT2D eigenvalue weighted by Gasteiger charge is 2.14. The summed E-state index contributed by atoms with van der Waals surface area (Å²) in [6.45, 7) is 0. The highest BCUT2D eigenvalue weighted by atomic mass is 16.6. The lowest BCUT2D eigenvalue weighted by molar-refractivity contribution is -0.384. The Balaban J connectivity index is 1.84. The maximum Gasteiger partial charge on any atom is 0.336 e. The zero-order chi connectivity index (χ0) is 19.4. The van der Waals surface area contributed by atoms with Crippen LogP contribution in [0.3, 0.4) is 0 Å². The minimum absolute atomic E-state index is 0.120. The summed E-state index contributed by atoms with van der Waals surface area (Å²) in [5, 5.41) is 23.0. The summed E-state index contributed by atoms with van der Waals surface area (Å²) in [4.78, 5) is 33.9. The molecule has 7 nitrogen and oxygen atoms in total. The number of aromatic carboxylic acids is 1. The first-order chi connectivity index (χ1) is 12.9. The summed E-state index contributed by atoms with van der Waals surface area (Å²) < 4.78 is 0. The van der Waals surface area contributed by atoms with Crippen LogP contribution in [0.4, 0.5) is 17.1 Å². The van der Waals surface area contributed by atoms with Crippen LogP contribution in [-0.4, -0.2) is 21.8 Å². The van der Waals surface area contributed by atoms with E-state index in [2.05, 4.69) is 5.32 Å². The zero-order valence-electron chi connectivity index (χ0n) is 14.0. The third-order valence-electron chi connectivity index (χ3n) is 3.85. The minimum Gasteiger partial charge on any atom is -0.478 e. The van der Waals surface area contributed by atoms with Gasteiger partial charge < -0.3 is 10.4 Å². The number of benzene rings is 3. The van der Waals surface area contributed by atoms with Crippen molar-refractivity contribution in [2.24, 2.45) is 0 Å². The predicted molar refractivity (Wildman–Crippen MR) is 99.7 cm³/mol. The normalized spacial score (nSPS) is 10.2. The fraction of sp³-hybridized carbons (Fsp3) is 0. The molecular weight excluding hydrogens is 348 g/mol.